The van der Waals surface area contributed by atoms with Gasteiger partial charge in [-0.15, -0.1) is 0 Å². The highest BCUT2D eigenvalue weighted by Gasteiger charge is 2.51. The summed E-state index contributed by atoms with van der Waals surface area (Å²) in [5.41, 5.74) is 2.01. The monoisotopic (exact) mass is 296 g/mol. The van der Waals surface area contributed by atoms with Gasteiger partial charge < -0.3 is 0 Å². The first kappa shape index (κ1) is 13.8. The summed E-state index contributed by atoms with van der Waals surface area (Å²) < 4.78 is 0. The Bertz CT molecular complexity index is 476. The maximum absolute atomic E-state index is 2.71. The lowest BCUT2D eigenvalue weighted by molar-refractivity contribution is 0.517. The van der Waals surface area contributed by atoms with Crippen molar-refractivity contribution >= 4 is 8.07 Å². The maximum atomic E-state index is 2.71. The molecule has 0 aliphatic heterocycles. The number of allylic oxidation sites excluding steroid dienone is 8. The van der Waals surface area contributed by atoms with Crippen molar-refractivity contribution in [2.75, 3.05) is 0 Å². The van der Waals surface area contributed by atoms with Gasteiger partial charge in [0.2, 0.25) is 0 Å². The van der Waals surface area contributed by atoms with Gasteiger partial charge in [0.25, 0.3) is 0 Å². The van der Waals surface area contributed by atoms with Crippen LogP contribution < -0.4 is 0 Å². The Morgan fingerprint density at radius 2 is 1.05 bits per heavy atom. The van der Waals surface area contributed by atoms with Crippen molar-refractivity contribution in [2.24, 2.45) is 23.7 Å². The zero-order valence-electron chi connectivity index (χ0n) is 13.4. The van der Waals surface area contributed by atoms with E-state index in [0.717, 1.165) is 34.8 Å². The van der Waals surface area contributed by atoms with E-state index in [1.165, 1.54) is 25.7 Å². The van der Waals surface area contributed by atoms with Gasteiger partial charge in [0.1, 0.15) is 0 Å². The van der Waals surface area contributed by atoms with Gasteiger partial charge in [-0.25, -0.2) is 0 Å². The van der Waals surface area contributed by atoms with Crippen LogP contribution in [0.25, 0.3) is 0 Å². The third-order valence-electron chi connectivity index (χ3n) is 7.06. The van der Waals surface area contributed by atoms with Crippen LogP contribution in [0.5, 0.6) is 0 Å². The molecule has 0 amide bonds. The quantitative estimate of drug-likeness (QED) is 0.570. The standard InChI is InChI=1S/C20H28Si/c1-21(2,19-13-11-15-7-3-5-9-17(15)19)20-14-12-16-8-4-6-10-18(16)20/h3-10,15-20H,11-14H2,1-2H3/t15?,16?,17-,18?,19-,20?/m0/s1. The molecule has 0 saturated heterocycles. The SMILES string of the molecule is C[Si](C)(C1CCC2C=CC=CC21)[C@H]1CCC2C=CC=C[C@@H]21. The highest BCUT2D eigenvalue weighted by atomic mass is 28.3. The van der Waals surface area contributed by atoms with Gasteiger partial charge in [0.15, 0.2) is 0 Å². The number of hydrogen-bond acceptors (Lipinski definition) is 0. The van der Waals surface area contributed by atoms with Crippen molar-refractivity contribution in [1.29, 1.82) is 0 Å². The van der Waals surface area contributed by atoms with Gasteiger partial charge in [-0.2, -0.15) is 0 Å². The third kappa shape index (κ3) is 2.16. The fourth-order valence-corrected chi connectivity index (χ4v) is 11.0. The molecule has 21 heavy (non-hydrogen) atoms. The van der Waals surface area contributed by atoms with Crippen molar-refractivity contribution in [3.63, 3.8) is 0 Å². The summed E-state index contributed by atoms with van der Waals surface area (Å²) >= 11 is 0. The van der Waals surface area contributed by atoms with E-state index in [1.807, 2.05) is 0 Å². The molecular weight excluding hydrogens is 268 g/mol. The normalized spacial score (nSPS) is 44.1. The second-order valence-corrected chi connectivity index (χ2v) is 13.3. The minimum Gasteiger partial charge on any atom is -0.0808 e. The van der Waals surface area contributed by atoms with Crippen LogP contribution in [-0.2, 0) is 0 Å². The van der Waals surface area contributed by atoms with E-state index >= 15 is 0 Å². The topological polar surface area (TPSA) is 0 Å². The molecule has 0 bridgehead atoms. The van der Waals surface area contributed by atoms with Crippen LogP contribution in [0.2, 0.25) is 24.2 Å². The van der Waals surface area contributed by atoms with Gasteiger partial charge >= 0.3 is 0 Å². The molecule has 0 aromatic carbocycles. The van der Waals surface area contributed by atoms with E-state index < -0.39 is 8.07 Å². The lowest BCUT2D eigenvalue weighted by atomic mass is 9.91. The van der Waals surface area contributed by atoms with Gasteiger partial charge in [0.05, 0.1) is 8.07 Å². The fourth-order valence-electron chi connectivity index (χ4n) is 5.92. The van der Waals surface area contributed by atoms with E-state index in [2.05, 4.69) is 61.7 Å². The van der Waals surface area contributed by atoms with Crippen molar-refractivity contribution < 1.29 is 0 Å². The zero-order chi connectivity index (χ0) is 14.4. The van der Waals surface area contributed by atoms with E-state index in [-0.39, 0.29) is 0 Å². The minimum atomic E-state index is -1.22. The molecule has 4 aliphatic rings. The van der Waals surface area contributed by atoms with Gasteiger partial charge in [-0.05, 0) is 47.6 Å². The van der Waals surface area contributed by atoms with E-state index in [9.17, 15) is 0 Å². The van der Waals surface area contributed by atoms with Crippen LogP contribution in [0.4, 0.5) is 0 Å². The molecule has 0 aromatic heterocycles. The highest BCUT2D eigenvalue weighted by molar-refractivity contribution is 6.80. The number of fused-ring (bicyclic) bond motifs is 2. The second kappa shape index (κ2) is 5.12. The van der Waals surface area contributed by atoms with Gasteiger partial charge in [-0.1, -0.05) is 74.5 Å². The van der Waals surface area contributed by atoms with Crippen LogP contribution in [0.1, 0.15) is 25.7 Å². The molecule has 4 aliphatic carbocycles. The molecule has 4 rings (SSSR count). The summed E-state index contributed by atoms with van der Waals surface area (Å²) in [7, 11) is -1.22. The Labute approximate surface area is 130 Å². The first-order valence-corrected chi connectivity index (χ1v) is 12.0. The zero-order valence-corrected chi connectivity index (χ0v) is 14.4. The average molecular weight is 297 g/mol. The van der Waals surface area contributed by atoms with Crippen LogP contribution in [-0.4, -0.2) is 8.07 Å². The van der Waals surface area contributed by atoms with Gasteiger partial charge in [-0.3, -0.25) is 0 Å². The molecule has 0 N–H and O–H groups in total. The molecule has 0 spiro atoms. The van der Waals surface area contributed by atoms with E-state index in [4.69, 9.17) is 0 Å². The molecule has 2 saturated carbocycles. The highest BCUT2D eigenvalue weighted by Crippen LogP contribution is 2.58. The molecule has 4 unspecified atom stereocenters. The molecule has 0 heterocycles. The summed E-state index contributed by atoms with van der Waals surface area (Å²) in [6.45, 7) is 5.43. The fraction of sp³-hybridized carbons (Fsp3) is 0.600. The number of rotatable bonds is 2. The Morgan fingerprint density at radius 1 is 0.619 bits per heavy atom. The Morgan fingerprint density at radius 3 is 1.52 bits per heavy atom. The van der Waals surface area contributed by atoms with Crippen LogP contribution in [0, 0.1) is 23.7 Å². The van der Waals surface area contributed by atoms with Crippen molar-refractivity contribution in [1.82, 2.24) is 0 Å². The van der Waals surface area contributed by atoms with Crippen LogP contribution in [0.3, 0.4) is 0 Å². The van der Waals surface area contributed by atoms with Crippen LogP contribution >= 0.6 is 0 Å². The van der Waals surface area contributed by atoms with Crippen LogP contribution in [0.15, 0.2) is 48.6 Å². The second-order valence-electron chi connectivity index (χ2n) is 8.21. The summed E-state index contributed by atoms with van der Waals surface area (Å²) in [6.07, 6.45) is 25.1. The smallest absolute Gasteiger partial charge is 0.0548 e. The largest absolute Gasteiger partial charge is 0.0808 e. The van der Waals surface area contributed by atoms with Crippen molar-refractivity contribution in [3.8, 4) is 0 Å². The first-order valence-electron chi connectivity index (χ1n) is 8.88. The molecule has 1 heteroatoms. The lowest BCUT2D eigenvalue weighted by Gasteiger charge is -2.42. The summed E-state index contributed by atoms with van der Waals surface area (Å²) in [5.74, 6) is 3.43. The molecule has 6 atom stereocenters. The molecule has 0 nitrogen and oxygen atoms in total. The predicted molar refractivity (Wildman–Crippen MR) is 94.0 cm³/mol. The van der Waals surface area contributed by atoms with E-state index in [1.54, 1.807) is 0 Å². The lowest BCUT2D eigenvalue weighted by Crippen LogP contribution is -2.42. The van der Waals surface area contributed by atoms with Crippen molar-refractivity contribution in [3.05, 3.63) is 48.6 Å². The van der Waals surface area contributed by atoms with Gasteiger partial charge in [0, 0.05) is 0 Å². The molecule has 2 fully saturated rings. The van der Waals surface area contributed by atoms with E-state index in [0.29, 0.717) is 0 Å². The molecule has 0 aromatic rings. The summed E-state index contributed by atoms with van der Waals surface area (Å²) in [6, 6.07) is 0. The Balaban J connectivity index is 1.59. The third-order valence-corrected chi connectivity index (χ3v) is 12.2. The predicted octanol–water partition coefficient (Wildman–Crippen LogP) is 5.74. The minimum absolute atomic E-state index is 0.853. The summed E-state index contributed by atoms with van der Waals surface area (Å²) in [5, 5.41) is 0. The number of hydrogen-bond donors (Lipinski definition) is 0. The Hall–Kier alpha value is -0.823. The summed E-state index contributed by atoms with van der Waals surface area (Å²) in [4.78, 5) is 0. The molecule has 112 valence electrons. The molecular formula is C20H28Si. The van der Waals surface area contributed by atoms with Crippen molar-refractivity contribution in [2.45, 2.75) is 49.9 Å². The average Bonchev–Trinajstić information content (AvgIpc) is 3.12. The Kier molecular flexibility index (Phi) is 3.37. The maximum Gasteiger partial charge on any atom is 0.0548 e. The molecule has 0 radical (unpaired) electrons. The first-order chi connectivity index (χ1) is 10.2.